The summed E-state index contributed by atoms with van der Waals surface area (Å²) in [5, 5.41) is 4.97. The molecule has 0 aliphatic heterocycles. The molecule has 0 aliphatic carbocycles. The van der Waals surface area contributed by atoms with Crippen LogP contribution in [0.25, 0.3) is 21.5 Å². The molecule has 1 heteroatoms. The summed E-state index contributed by atoms with van der Waals surface area (Å²) >= 11 is 0. The Morgan fingerprint density at radius 3 is 1.82 bits per heavy atom. The van der Waals surface area contributed by atoms with Crippen molar-refractivity contribution in [2.45, 2.75) is 6.92 Å². The lowest BCUT2D eigenvalue weighted by atomic mass is 9.96. The summed E-state index contributed by atoms with van der Waals surface area (Å²) in [4.78, 5) is 4.20. The van der Waals surface area contributed by atoms with Crippen LogP contribution in [0.3, 0.4) is 0 Å². The predicted octanol–water partition coefficient (Wildman–Crippen LogP) is 4.63. The van der Waals surface area contributed by atoms with Crippen molar-refractivity contribution < 1.29 is 0 Å². The van der Waals surface area contributed by atoms with Crippen molar-refractivity contribution in [2.75, 3.05) is 0 Å². The fourth-order valence-electron chi connectivity index (χ4n) is 2.50. The first-order chi connectivity index (χ1) is 8.33. The first-order valence-corrected chi connectivity index (χ1v) is 5.69. The SMILES string of the molecule is C=Nc1c(C)c2ccccc2c2ccccc12. The molecule has 0 radical (unpaired) electrons. The van der Waals surface area contributed by atoms with Gasteiger partial charge in [-0.1, -0.05) is 48.5 Å². The van der Waals surface area contributed by atoms with Crippen molar-refractivity contribution in [3.8, 4) is 0 Å². The van der Waals surface area contributed by atoms with Gasteiger partial charge in [0.2, 0.25) is 0 Å². The molecule has 0 fully saturated rings. The summed E-state index contributed by atoms with van der Waals surface area (Å²) < 4.78 is 0. The Balaban J connectivity index is 2.68. The van der Waals surface area contributed by atoms with Gasteiger partial charge in [0.1, 0.15) is 0 Å². The molecule has 0 spiro atoms. The highest BCUT2D eigenvalue weighted by Crippen LogP contribution is 2.37. The minimum absolute atomic E-state index is 0.999. The number of rotatable bonds is 1. The van der Waals surface area contributed by atoms with Gasteiger partial charge in [0, 0.05) is 5.39 Å². The Bertz CT molecular complexity index is 726. The topological polar surface area (TPSA) is 12.4 Å². The Morgan fingerprint density at radius 1 is 0.765 bits per heavy atom. The summed E-state index contributed by atoms with van der Waals surface area (Å²) in [6.07, 6.45) is 0. The highest BCUT2D eigenvalue weighted by atomic mass is 14.7. The van der Waals surface area contributed by atoms with E-state index < -0.39 is 0 Å². The lowest BCUT2D eigenvalue weighted by Crippen LogP contribution is -1.84. The molecule has 0 amide bonds. The largest absolute Gasteiger partial charge is 0.264 e. The average molecular weight is 219 g/mol. The lowest BCUT2D eigenvalue weighted by molar-refractivity contribution is 1.48. The van der Waals surface area contributed by atoms with Gasteiger partial charge in [0.05, 0.1) is 5.69 Å². The number of fused-ring (bicyclic) bond motifs is 3. The van der Waals surface area contributed by atoms with Crippen LogP contribution >= 0.6 is 0 Å². The summed E-state index contributed by atoms with van der Waals surface area (Å²) in [7, 11) is 0. The van der Waals surface area contributed by atoms with E-state index >= 15 is 0 Å². The van der Waals surface area contributed by atoms with Crippen LogP contribution in [0.1, 0.15) is 5.56 Å². The molecule has 17 heavy (non-hydrogen) atoms. The zero-order valence-corrected chi connectivity index (χ0v) is 9.77. The quantitative estimate of drug-likeness (QED) is 0.418. The fourth-order valence-corrected chi connectivity index (χ4v) is 2.50. The monoisotopic (exact) mass is 219 g/mol. The summed E-state index contributed by atoms with van der Waals surface area (Å²) in [6.45, 7) is 5.81. The average Bonchev–Trinajstić information content (AvgIpc) is 2.40. The Labute approximate surface area is 100 Å². The minimum atomic E-state index is 0.999. The standard InChI is InChI=1S/C16H13N/c1-11-12-7-3-4-8-13(12)14-9-5-6-10-15(14)16(11)17-2/h3-10H,2H2,1H3. The molecule has 0 heterocycles. The number of hydrogen-bond acceptors (Lipinski definition) is 1. The minimum Gasteiger partial charge on any atom is -0.264 e. The molecule has 0 aliphatic rings. The van der Waals surface area contributed by atoms with E-state index in [2.05, 4.69) is 61.1 Å². The number of hydrogen-bond donors (Lipinski definition) is 0. The van der Waals surface area contributed by atoms with Crippen LogP contribution < -0.4 is 0 Å². The number of nitrogens with zero attached hydrogens (tertiary/aromatic N) is 1. The molecule has 0 atom stereocenters. The maximum atomic E-state index is 4.20. The van der Waals surface area contributed by atoms with Crippen LogP contribution in [0.4, 0.5) is 5.69 Å². The van der Waals surface area contributed by atoms with Crippen molar-refractivity contribution in [2.24, 2.45) is 4.99 Å². The molecular weight excluding hydrogens is 206 g/mol. The highest BCUT2D eigenvalue weighted by Gasteiger charge is 2.08. The summed E-state index contributed by atoms with van der Waals surface area (Å²) in [5.41, 5.74) is 2.20. The molecule has 82 valence electrons. The molecular formula is C16H13N. The maximum Gasteiger partial charge on any atom is 0.0736 e. The zero-order chi connectivity index (χ0) is 11.8. The van der Waals surface area contributed by atoms with Gasteiger partial charge < -0.3 is 0 Å². The smallest absolute Gasteiger partial charge is 0.0736 e. The van der Waals surface area contributed by atoms with Crippen LogP contribution in [0, 0.1) is 6.92 Å². The van der Waals surface area contributed by atoms with Crippen LogP contribution in [-0.4, -0.2) is 6.72 Å². The summed E-state index contributed by atoms with van der Waals surface area (Å²) in [6, 6.07) is 16.8. The van der Waals surface area contributed by atoms with Gasteiger partial charge in [-0.3, -0.25) is 4.99 Å². The Morgan fingerprint density at radius 2 is 1.24 bits per heavy atom. The van der Waals surface area contributed by atoms with E-state index in [-0.39, 0.29) is 0 Å². The van der Waals surface area contributed by atoms with Gasteiger partial charge in [-0.2, -0.15) is 0 Å². The van der Waals surface area contributed by atoms with Crippen molar-refractivity contribution in [3.05, 3.63) is 54.1 Å². The van der Waals surface area contributed by atoms with E-state index in [4.69, 9.17) is 0 Å². The second-order valence-corrected chi connectivity index (χ2v) is 4.22. The van der Waals surface area contributed by atoms with Crippen molar-refractivity contribution in [1.29, 1.82) is 0 Å². The first-order valence-electron chi connectivity index (χ1n) is 5.69. The van der Waals surface area contributed by atoms with Crippen molar-refractivity contribution in [1.82, 2.24) is 0 Å². The molecule has 0 N–H and O–H groups in total. The zero-order valence-electron chi connectivity index (χ0n) is 9.77. The molecule has 0 aromatic heterocycles. The van der Waals surface area contributed by atoms with E-state index in [9.17, 15) is 0 Å². The van der Waals surface area contributed by atoms with Crippen LogP contribution in [0.5, 0.6) is 0 Å². The number of benzene rings is 3. The molecule has 3 aromatic rings. The van der Waals surface area contributed by atoms with Crippen LogP contribution in [0.2, 0.25) is 0 Å². The molecule has 0 saturated carbocycles. The number of aliphatic imine (C=N–C) groups is 1. The van der Waals surface area contributed by atoms with Crippen LogP contribution in [0.15, 0.2) is 53.5 Å². The van der Waals surface area contributed by atoms with Crippen molar-refractivity contribution >= 4 is 33.9 Å². The van der Waals surface area contributed by atoms with Gasteiger partial charge in [-0.15, -0.1) is 0 Å². The van der Waals surface area contributed by atoms with Crippen LogP contribution in [-0.2, 0) is 0 Å². The normalized spacial score (nSPS) is 10.9. The second-order valence-electron chi connectivity index (χ2n) is 4.22. The van der Waals surface area contributed by atoms with Gasteiger partial charge in [-0.25, -0.2) is 0 Å². The van der Waals surface area contributed by atoms with Gasteiger partial charge in [-0.05, 0) is 35.4 Å². The Hall–Kier alpha value is -2.15. The van der Waals surface area contributed by atoms with E-state index in [0.29, 0.717) is 0 Å². The fraction of sp³-hybridized carbons (Fsp3) is 0.0625. The lowest BCUT2D eigenvalue weighted by Gasteiger charge is -2.11. The van der Waals surface area contributed by atoms with Crippen molar-refractivity contribution in [3.63, 3.8) is 0 Å². The van der Waals surface area contributed by atoms with E-state index in [1.54, 1.807) is 0 Å². The summed E-state index contributed by atoms with van der Waals surface area (Å²) in [5.74, 6) is 0. The van der Waals surface area contributed by atoms with Gasteiger partial charge in [0.15, 0.2) is 0 Å². The third-order valence-electron chi connectivity index (χ3n) is 3.32. The Kier molecular flexibility index (Phi) is 2.19. The van der Waals surface area contributed by atoms with E-state index in [1.807, 2.05) is 6.07 Å². The third-order valence-corrected chi connectivity index (χ3v) is 3.32. The first kappa shape index (κ1) is 10.0. The molecule has 3 aromatic carbocycles. The molecule has 3 rings (SSSR count). The second kappa shape index (κ2) is 3.70. The molecule has 0 bridgehead atoms. The highest BCUT2D eigenvalue weighted by molar-refractivity contribution is 6.14. The predicted molar refractivity (Wildman–Crippen MR) is 75.4 cm³/mol. The van der Waals surface area contributed by atoms with E-state index in [0.717, 1.165) is 5.69 Å². The molecule has 0 unspecified atom stereocenters. The molecule has 0 saturated heterocycles. The van der Waals surface area contributed by atoms with Gasteiger partial charge in [0.25, 0.3) is 0 Å². The van der Waals surface area contributed by atoms with Gasteiger partial charge >= 0.3 is 0 Å². The third kappa shape index (κ3) is 1.36. The number of aryl methyl sites for hydroxylation is 1. The molecule has 1 nitrogen and oxygen atoms in total. The maximum absolute atomic E-state index is 4.20. The van der Waals surface area contributed by atoms with E-state index in [1.165, 1.54) is 27.1 Å².